The second-order valence-corrected chi connectivity index (χ2v) is 4.32. The lowest BCUT2D eigenvalue weighted by atomic mass is 10.0. The molecule has 0 amide bonds. The van der Waals surface area contributed by atoms with Crippen molar-refractivity contribution in [2.45, 2.75) is 12.8 Å². The van der Waals surface area contributed by atoms with Crippen LogP contribution in [0, 0.1) is 5.92 Å². The highest BCUT2D eigenvalue weighted by Crippen LogP contribution is 2.16. The molecule has 1 N–H and O–H groups in total. The van der Waals surface area contributed by atoms with Crippen LogP contribution in [-0.4, -0.2) is 39.3 Å². The van der Waals surface area contributed by atoms with E-state index >= 15 is 0 Å². The molecule has 17 heavy (non-hydrogen) atoms. The maximum absolute atomic E-state index is 5.74. The van der Waals surface area contributed by atoms with Gasteiger partial charge < -0.3 is 10.1 Å². The lowest BCUT2D eigenvalue weighted by molar-refractivity contribution is 0.213. The van der Waals surface area contributed by atoms with Crippen molar-refractivity contribution in [3.8, 4) is 5.88 Å². The normalized spacial score (nSPS) is 20.6. The van der Waals surface area contributed by atoms with Gasteiger partial charge in [0.25, 0.3) is 5.88 Å². The van der Waals surface area contributed by atoms with Crippen molar-refractivity contribution in [3.63, 3.8) is 0 Å². The van der Waals surface area contributed by atoms with Crippen LogP contribution in [0.3, 0.4) is 0 Å². The standard InChI is InChI=1S/C11H15N5O/c1-2-9(6-12-3-1)7-17-11-10-15-14-8-16(10)5-4-13-11/h4-5,8-9,12H,1-3,6-7H2. The fraction of sp³-hybridized carbons (Fsp3) is 0.545. The minimum absolute atomic E-state index is 0.564. The topological polar surface area (TPSA) is 64.3 Å². The number of piperidine rings is 1. The van der Waals surface area contributed by atoms with E-state index < -0.39 is 0 Å². The Morgan fingerprint density at radius 2 is 2.53 bits per heavy atom. The van der Waals surface area contributed by atoms with E-state index in [9.17, 15) is 0 Å². The Morgan fingerprint density at radius 1 is 1.53 bits per heavy atom. The summed E-state index contributed by atoms with van der Waals surface area (Å²) in [6.07, 6.45) is 7.58. The molecular weight excluding hydrogens is 218 g/mol. The van der Waals surface area contributed by atoms with Gasteiger partial charge in [0.15, 0.2) is 0 Å². The van der Waals surface area contributed by atoms with Crippen LogP contribution in [0.25, 0.3) is 5.65 Å². The minimum Gasteiger partial charge on any atom is -0.475 e. The fourth-order valence-corrected chi connectivity index (χ4v) is 2.10. The Labute approximate surface area is 99.0 Å². The minimum atomic E-state index is 0.564. The van der Waals surface area contributed by atoms with Crippen LogP contribution < -0.4 is 10.1 Å². The van der Waals surface area contributed by atoms with E-state index in [0.717, 1.165) is 13.1 Å². The molecule has 0 bridgehead atoms. The summed E-state index contributed by atoms with van der Waals surface area (Å²) in [6.45, 7) is 2.83. The van der Waals surface area contributed by atoms with Gasteiger partial charge in [-0.2, -0.15) is 0 Å². The average Bonchev–Trinajstić information content (AvgIpc) is 2.86. The molecule has 90 valence electrons. The van der Waals surface area contributed by atoms with Crippen LogP contribution in [0.1, 0.15) is 12.8 Å². The first kappa shape index (κ1) is 10.5. The molecule has 1 saturated heterocycles. The molecule has 2 aromatic rings. The van der Waals surface area contributed by atoms with Gasteiger partial charge in [0.1, 0.15) is 6.33 Å². The molecule has 6 nitrogen and oxygen atoms in total. The zero-order valence-electron chi connectivity index (χ0n) is 9.54. The zero-order valence-corrected chi connectivity index (χ0v) is 9.54. The van der Waals surface area contributed by atoms with Crippen LogP contribution in [0.15, 0.2) is 18.7 Å². The SMILES string of the molecule is c1cn2cnnc2c(OCC2CCCNC2)n1. The van der Waals surface area contributed by atoms with Crippen molar-refractivity contribution in [1.29, 1.82) is 0 Å². The molecule has 1 unspecified atom stereocenters. The van der Waals surface area contributed by atoms with E-state index in [4.69, 9.17) is 4.74 Å². The molecule has 1 aliphatic rings. The number of nitrogens with one attached hydrogen (secondary N) is 1. The van der Waals surface area contributed by atoms with Crippen LogP contribution >= 0.6 is 0 Å². The lowest BCUT2D eigenvalue weighted by Gasteiger charge is -2.22. The van der Waals surface area contributed by atoms with Gasteiger partial charge >= 0.3 is 0 Å². The lowest BCUT2D eigenvalue weighted by Crippen LogP contribution is -2.33. The second-order valence-electron chi connectivity index (χ2n) is 4.32. The van der Waals surface area contributed by atoms with Crippen molar-refractivity contribution in [1.82, 2.24) is 24.9 Å². The quantitative estimate of drug-likeness (QED) is 0.836. The Balaban J connectivity index is 1.69. The number of rotatable bonds is 3. The predicted molar refractivity (Wildman–Crippen MR) is 61.9 cm³/mol. The van der Waals surface area contributed by atoms with Crippen LogP contribution in [0.5, 0.6) is 5.88 Å². The molecular formula is C11H15N5O. The molecule has 0 radical (unpaired) electrons. The highest BCUT2D eigenvalue weighted by Gasteiger charge is 2.15. The molecule has 3 rings (SSSR count). The van der Waals surface area contributed by atoms with E-state index in [-0.39, 0.29) is 0 Å². The highest BCUT2D eigenvalue weighted by atomic mass is 16.5. The van der Waals surface area contributed by atoms with Crippen molar-refractivity contribution in [3.05, 3.63) is 18.7 Å². The summed E-state index contributed by atoms with van der Waals surface area (Å²) in [4.78, 5) is 4.20. The second kappa shape index (κ2) is 4.67. The van der Waals surface area contributed by atoms with Gasteiger partial charge in [-0.15, -0.1) is 10.2 Å². The molecule has 3 heterocycles. The smallest absolute Gasteiger partial charge is 0.260 e. The molecule has 1 atom stereocenters. The third kappa shape index (κ3) is 2.21. The zero-order chi connectivity index (χ0) is 11.5. The van der Waals surface area contributed by atoms with Gasteiger partial charge in [0.05, 0.1) is 6.61 Å². The number of hydrogen-bond acceptors (Lipinski definition) is 5. The fourth-order valence-electron chi connectivity index (χ4n) is 2.10. The van der Waals surface area contributed by atoms with Crippen molar-refractivity contribution < 1.29 is 4.74 Å². The molecule has 0 spiro atoms. The van der Waals surface area contributed by atoms with E-state index in [1.54, 1.807) is 16.9 Å². The number of ether oxygens (including phenoxy) is 1. The highest BCUT2D eigenvalue weighted by molar-refractivity contribution is 5.47. The maximum atomic E-state index is 5.74. The number of hydrogen-bond donors (Lipinski definition) is 1. The molecule has 1 aliphatic heterocycles. The average molecular weight is 233 g/mol. The molecule has 0 saturated carbocycles. The van der Waals surface area contributed by atoms with Crippen LogP contribution in [0.4, 0.5) is 0 Å². The van der Waals surface area contributed by atoms with Crippen molar-refractivity contribution in [2.24, 2.45) is 5.92 Å². The number of aromatic nitrogens is 4. The number of fused-ring (bicyclic) bond motifs is 1. The van der Waals surface area contributed by atoms with Gasteiger partial charge in [0.2, 0.25) is 5.65 Å². The third-order valence-corrected chi connectivity index (χ3v) is 3.04. The third-order valence-electron chi connectivity index (χ3n) is 3.04. The van der Waals surface area contributed by atoms with E-state index in [1.165, 1.54) is 12.8 Å². The maximum Gasteiger partial charge on any atom is 0.260 e. The van der Waals surface area contributed by atoms with E-state index in [2.05, 4.69) is 20.5 Å². The van der Waals surface area contributed by atoms with Crippen LogP contribution in [0.2, 0.25) is 0 Å². The van der Waals surface area contributed by atoms with Gasteiger partial charge in [0, 0.05) is 24.9 Å². The summed E-state index contributed by atoms with van der Waals surface area (Å²) in [5, 5.41) is 11.2. The van der Waals surface area contributed by atoms with Crippen molar-refractivity contribution >= 4 is 5.65 Å². The van der Waals surface area contributed by atoms with Gasteiger partial charge in [-0.25, -0.2) is 4.98 Å². The number of nitrogens with zero attached hydrogens (tertiary/aromatic N) is 4. The van der Waals surface area contributed by atoms with E-state index in [1.807, 2.05) is 6.20 Å². The summed E-state index contributed by atoms with van der Waals surface area (Å²) < 4.78 is 7.55. The Bertz CT molecular complexity index is 491. The largest absolute Gasteiger partial charge is 0.475 e. The summed E-state index contributed by atoms with van der Waals surface area (Å²) in [5.41, 5.74) is 0.677. The Hall–Kier alpha value is -1.69. The van der Waals surface area contributed by atoms with Gasteiger partial charge in [-0.1, -0.05) is 0 Å². The van der Waals surface area contributed by atoms with Crippen LogP contribution in [-0.2, 0) is 0 Å². The first-order valence-corrected chi connectivity index (χ1v) is 5.91. The monoisotopic (exact) mass is 233 g/mol. The first-order chi connectivity index (χ1) is 8.43. The Kier molecular flexibility index (Phi) is 2.87. The summed E-state index contributed by atoms with van der Waals surface area (Å²) in [5.74, 6) is 1.13. The molecule has 0 aliphatic carbocycles. The summed E-state index contributed by atoms with van der Waals surface area (Å²) in [7, 11) is 0. The van der Waals surface area contributed by atoms with E-state index in [0.29, 0.717) is 24.1 Å². The van der Waals surface area contributed by atoms with Gasteiger partial charge in [-0.05, 0) is 19.4 Å². The van der Waals surface area contributed by atoms with Gasteiger partial charge in [-0.3, -0.25) is 4.40 Å². The summed E-state index contributed by atoms with van der Waals surface area (Å²) >= 11 is 0. The molecule has 2 aromatic heterocycles. The van der Waals surface area contributed by atoms with Crippen molar-refractivity contribution in [2.75, 3.05) is 19.7 Å². The molecule has 0 aromatic carbocycles. The predicted octanol–water partition coefficient (Wildman–Crippen LogP) is 0.503. The Morgan fingerprint density at radius 3 is 3.41 bits per heavy atom. The molecule has 6 heteroatoms. The first-order valence-electron chi connectivity index (χ1n) is 5.91. The summed E-state index contributed by atoms with van der Waals surface area (Å²) in [6, 6.07) is 0. The molecule has 1 fully saturated rings.